The zero-order valence-corrected chi connectivity index (χ0v) is 12.7. The Morgan fingerprint density at radius 2 is 1.68 bits per heavy atom. The number of ketones is 1. The summed E-state index contributed by atoms with van der Waals surface area (Å²) in [6.45, 7) is 1.81. The Kier molecular flexibility index (Phi) is 3.95. The summed E-state index contributed by atoms with van der Waals surface area (Å²) in [5.41, 5.74) is 2.06. The molecule has 0 radical (unpaired) electrons. The third-order valence-corrected chi connectivity index (χ3v) is 4.20. The van der Waals surface area contributed by atoms with Gasteiger partial charge in [-0.1, -0.05) is 60.7 Å². The van der Waals surface area contributed by atoms with Gasteiger partial charge in [0.15, 0.2) is 5.78 Å². The van der Waals surface area contributed by atoms with Crippen LogP contribution in [-0.4, -0.2) is 16.5 Å². The minimum Gasteiger partial charge on any atom is -0.386 e. The summed E-state index contributed by atoms with van der Waals surface area (Å²) in [5, 5.41) is 10.4. The topological polar surface area (TPSA) is 37.3 Å². The van der Waals surface area contributed by atoms with Crippen molar-refractivity contribution in [3.63, 3.8) is 0 Å². The molecule has 0 aromatic heterocycles. The Labute approximate surface area is 131 Å². The molecule has 1 aliphatic rings. The van der Waals surface area contributed by atoms with Crippen molar-refractivity contribution < 1.29 is 9.90 Å². The molecule has 2 nitrogen and oxygen atoms in total. The number of hydrogen-bond donors (Lipinski definition) is 1. The predicted molar refractivity (Wildman–Crippen MR) is 88.5 cm³/mol. The third-order valence-electron chi connectivity index (χ3n) is 4.20. The first-order chi connectivity index (χ1) is 10.6. The van der Waals surface area contributed by atoms with E-state index in [0.29, 0.717) is 12.8 Å². The number of allylic oxidation sites excluding steroid dienone is 1. The Bertz CT molecular complexity index is 684. The quantitative estimate of drug-likeness (QED) is 0.861. The molecule has 0 unspecified atom stereocenters. The molecule has 2 atom stereocenters. The molecule has 0 amide bonds. The molecule has 2 heteroatoms. The van der Waals surface area contributed by atoms with Gasteiger partial charge in [0.2, 0.25) is 0 Å². The van der Waals surface area contributed by atoms with Crippen LogP contribution in [0.1, 0.15) is 35.7 Å². The summed E-state index contributed by atoms with van der Waals surface area (Å²) in [6, 6.07) is 19.4. The average molecular weight is 292 g/mol. The SMILES string of the molecule is C[C@]1(O)C=C(c2ccccc2)[C@H](CC(=O)c2ccccc2)C1. The smallest absolute Gasteiger partial charge is 0.163 e. The molecule has 0 fully saturated rings. The molecule has 1 N–H and O–H groups in total. The van der Waals surface area contributed by atoms with Crippen molar-refractivity contribution >= 4 is 11.4 Å². The summed E-state index contributed by atoms with van der Waals surface area (Å²) in [6.07, 6.45) is 2.93. The lowest BCUT2D eigenvalue weighted by molar-refractivity contribution is 0.0893. The first-order valence-electron chi connectivity index (χ1n) is 7.64. The summed E-state index contributed by atoms with van der Waals surface area (Å²) in [5.74, 6) is 0.190. The number of carbonyl (C=O) groups excluding carboxylic acids is 1. The van der Waals surface area contributed by atoms with Gasteiger partial charge in [-0.2, -0.15) is 0 Å². The number of hydrogen-bond acceptors (Lipinski definition) is 2. The number of rotatable bonds is 4. The number of Topliss-reactive ketones (excluding diaryl/α,β-unsaturated/α-hetero) is 1. The largest absolute Gasteiger partial charge is 0.386 e. The van der Waals surface area contributed by atoms with Crippen molar-refractivity contribution in [2.24, 2.45) is 5.92 Å². The van der Waals surface area contributed by atoms with Crippen molar-refractivity contribution in [3.05, 3.63) is 77.9 Å². The first kappa shape index (κ1) is 14.7. The van der Waals surface area contributed by atoms with Gasteiger partial charge >= 0.3 is 0 Å². The molecule has 0 spiro atoms. The van der Waals surface area contributed by atoms with E-state index in [1.807, 2.05) is 73.7 Å². The van der Waals surface area contributed by atoms with Crippen molar-refractivity contribution in [1.82, 2.24) is 0 Å². The molecule has 0 saturated heterocycles. The fraction of sp³-hybridized carbons (Fsp3) is 0.250. The van der Waals surface area contributed by atoms with Crippen LogP contribution in [0.5, 0.6) is 0 Å². The maximum absolute atomic E-state index is 12.5. The molecule has 0 heterocycles. The Morgan fingerprint density at radius 1 is 1.09 bits per heavy atom. The van der Waals surface area contributed by atoms with Crippen LogP contribution in [0.2, 0.25) is 0 Å². The van der Waals surface area contributed by atoms with Gasteiger partial charge in [0.25, 0.3) is 0 Å². The molecule has 3 rings (SSSR count). The maximum Gasteiger partial charge on any atom is 0.163 e. The molecule has 22 heavy (non-hydrogen) atoms. The van der Waals surface area contributed by atoms with Gasteiger partial charge in [0, 0.05) is 12.0 Å². The van der Waals surface area contributed by atoms with Gasteiger partial charge in [-0.05, 0) is 36.5 Å². The standard InChI is InChI=1S/C20H20O2/c1-20(22)13-17(12-19(21)16-10-6-3-7-11-16)18(14-20)15-8-4-2-5-9-15/h2-11,14,17,22H,12-13H2,1H3/t17-,20-/m1/s1. The van der Waals surface area contributed by atoms with Crippen LogP contribution in [-0.2, 0) is 0 Å². The van der Waals surface area contributed by atoms with E-state index in [0.717, 1.165) is 16.7 Å². The lowest BCUT2D eigenvalue weighted by Gasteiger charge is -2.17. The summed E-state index contributed by atoms with van der Waals surface area (Å²) in [4.78, 5) is 12.5. The Balaban J connectivity index is 1.84. The van der Waals surface area contributed by atoms with E-state index in [1.54, 1.807) is 0 Å². The van der Waals surface area contributed by atoms with Crippen molar-refractivity contribution in [2.75, 3.05) is 0 Å². The van der Waals surface area contributed by atoms with Crippen LogP contribution in [0.15, 0.2) is 66.7 Å². The van der Waals surface area contributed by atoms with Crippen molar-refractivity contribution in [2.45, 2.75) is 25.4 Å². The van der Waals surface area contributed by atoms with Crippen LogP contribution in [0.3, 0.4) is 0 Å². The number of carbonyl (C=O) groups is 1. The summed E-state index contributed by atoms with van der Waals surface area (Å²) in [7, 11) is 0. The molecular formula is C20H20O2. The highest BCUT2D eigenvalue weighted by atomic mass is 16.3. The van der Waals surface area contributed by atoms with Crippen molar-refractivity contribution in [3.8, 4) is 0 Å². The van der Waals surface area contributed by atoms with Gasteiger partial charge in [0.1, 0.15) is 0 Å². The van der Waals surface area contributed by atoms with Gasteiger partial charge in [-0.25, -0.2) is 0 Å². The fourth-order valence-electron chi connectivity index (χ4n) is 3.22. The van der Waals surface area contributed by atoms with Crippen LogP contribution in [0.4, 0.5) is 0 Å². The second-order valence-electron chi connectivity index (χ2n) is 6.22. The predicted octanol–water partition coefficient (Wildman–Crippen LogP) is 4.11. The van der Waals surface area contributed by atoms with Gasteiger partial charge in [-0.3, -0.25) is 4.79 Å². The minimum absolute atomic E-state index is 0.0603. The van der Waals surface area contributed by atoms with E-state index in [-0.39, 0.29) is 11.7 Å². The normalized spacial score (nSPS) is 24.1. The summed E-state index contributed by atoms with van der Waals surface area (Å²) < 4.78 is 0. The minimum atomic E-state index is -0.840. The van der Waals surface area contributed by atoms with E-state index < -0.39 is 5.60 Å². The molecule has 0 aliphatic heterocycles. The Morgan fingerprint density at radius 3 is 2.32 bits per heavy atom. The van der Waals surface area contributed by atoms with Crippen molar-refractivity contribution in [1.29, 1.82) is 0 Å². The Hall–Kier alpha value is -2.19. The monoisotopic (exact) mass is 292 g/mol. The average Bonchev–Trinajstić information content (AvgIpc) is 2.83. The van der Waals surface area contributed by atoms with E-state index in [9.17, 15) is 9.90 Å². The second-order valence-corrected chi connectivity index (χ2v) is 6.22. The first-order valence-corrected chi connectivity index (χ1v) is 7.64. The van der Waals surface area contributed by atoms with Crippen LogP contribution < -0.4 is 0 Å². The lowest BCUT2D eigenvalue weighted by Crippen LogP contribution is -2.19. The molecular weight excluding hydrogens is 272 g/mol. The zero-order valence-electron chi connectivity index (χ0n) is 12.7. The molecule has 2 aromatic carbocycles. The van der Waals surface area contributed by atoms with E-state index in [2.05, 4.69) is 0 Å². The van der Waals surface area contributed by atoms with E-state index in [4.69, 9.17) is 0 Å². The highest BCUT2D eigenvalue weighted by Gasteiger charge is 2.35. The van der Waals surface area contributed by atoms with Gasteiger partial charge in [0.05, 0.1) is 5.60 Å². The summed E-state index contributed by atoms with van der Waals surface area (Å²) >= 11 is 0. The third kappa shape index (κ3) is 3.18. The molecule has 2 aromatic rings. The highest BCUT2D eigenvalue weighted by Crippen LogP contribution is 2.41. The van der Waals surface area contributed by atoms with Gasteiger partial charge < -0.3 is 5.11 Å². The second kappa shape index (κ2) is 5.90. The van der Waals surface area contributed by atoms with Gasteiger partial charge in [-0.15, -0.1) is 0 Å². The van der Waals surface area contributed by atoms with Crippen LogP contribution in [0.25, 0.3) is 5.57 Å². The molecule has 112 valence electrons. The van der Waals surface area contributed by atoms with E-state index in [1.165, 1.54) is 0 Å². The highest BCUT2D eigenvalue weighted by molar-refractivity contribution is 5.97. The molecule has 1 aliphatic carbocycles. The number of benzene rings is 2. The van der Waals surface area contributed by atoms with Crippen LogP contribution in [0, 0.1) is 5.92 Å². The molecule has 0 saturated carbocycles. The maximum atomic E-state index is 12.5. The molecule has 0 bridgehead atoms. The number of aliphatic hydroxyl groups is 1. The van der Waals surface area contributed by atoms with E-state index >= 15 is 0 Å². The van der Waals surface area contributed by atoms with Crippen LogP contribution >= 0.6 is 0 Å². The fourth-order valence-corrected chi connectivity index (χ4v) is 3.22. The lowest BCUT2D eigenvalue weighted by atomic mass is 9.88. The zero-order chi connectivity index (χ0) is 15.6.